The van der Waals surface area contributed by atoms with Crippen molar-refractivity contribution in [2.24, 2.45) is 0 Å². The van der Waals surface area contributed by atoms with Gasteiger partial charge in [-0.2, -0.15) is 0 Å². The van der Waals surface area contributed by atoms with E-state index in [-0.39, 0.29) is 24.2 Å². The van der Waals surface area contributed by atoms with Crippen LogP contribution in [0.15, 0.2) is 64.3 Å². The lowest BCUT2D eigenvalue weighted by atomic mass is 10.2. The van der Waals surface area contributed by atoms with E-state index in [1.165, 1.54) is 18.2 Å². The fourth-order valence-electron chi connectivity index (χ4n) is 2.96. The summed E-state index contributed by atoms with van der Waals surface area (Å²) in [6.07, 6.45) is 1.05. The average molecular weight is 393 g/mol. The molecule has 0 fully saturated rings. The molecule has 0 aliphatic heterocycles. The summed E-state index contributed by atoms with van der Waals surface area (Å²) in [5.74, 6) is -0.691. The highest BCUT2D eigenvalue weighted by Crippen LogP contribution is 2.10. The molecule has 9 heteroatoms. The molecule has 4 aromatic rings. The minimum atomic E-state index is -0.806. The Morgan fingerprint density at radius 3 is 2.66 bits per heavy atom. The summed E-state index contributed by atoms with van der Waals surface area (Å²) in [5.41, 5.74) is -0.0377. The van der Waals surface area contributed by atoms with Crippen molar-refractivity contribution >= 4 is 16.9 Å². The van der Waals surface area contributed by atoms with E-state index in [4.69, 9.17) is 0 Å². The number of carbonyl (C=O) groups excluding carboxylic acids is 1. The molecule has 2 aromatic heterocycles. The average Bonchev–Trinajstić information content (AvgIpc) is 3.14. The Bertz CT molecular complexity index is 1290. The molecule has 2 aromatic carbocycles. The molecule has 2 heterocycles. The van der Waals surface area contributed by atoms with Gasteiger partial charge in [-0.05, 0) is 18.2 Å². The predicted molar refractivity (Wildman–Crippen MR) is 104 cm³/mol. The molecule has 1 amide bonds. The van der Waals surface area contributed by atoms with Crippen LogP contribution in [0.5, 0.6) is 0 Å². The van der Waals surface area contributed by atoms with Crippen molar-refractivity contribution in [1.82, 2.24) is 24.8 Å². The molecule has 0 bridgehead atoms. The van der Waals surface area contributed by atoms with Crippen LogP contribution in [0.2, 0.25) is 0 Å². The first-order chi connectivity index (χ1) is 14.0. The third-order valence-corrected chi connectivity index (χ3v) is 4.45. The predicted octanol–water partition coefficient (Wildman–Crippen LogP) is 1.53. The lowest BCUT2D eigenvalue weighted by Crippen LogP contribution is -2.40. The van der Waals surface area contributed by atoms with Gasteiger partial charge in [0.2, 0.25) is 0 Å². The van der Waals surface area contributed by atoms with Gasteiger partial charge in [-0.15, -0.1) is 0 Å². The van der Waals surface area contributed by atoms with Crippen LogP contribution in [0.3, 0.4) is 0 Å². The number of nitrogens with zero attached hydrogens (tertiary/aromatic N) is 2. The number of aromatic nitrogens is 4. The maximum absolute atomic E-state index is 13.9. The summed E-state index contributed by atoms with van der Waals surface area (Å²) in [6, 6.07) is 13.2. The van der Waals surface area contributed by atoms with Gasteiger partial charge >= 0.3 is 5.69 Å². The number of H-pyrrole nitrogens is 2. The standard InChI is InChI=1S/C20H16FN5O3/c21-14-6-2-1-5-12(14)11-26-19(28)13(9-23-20(26)29)18(27)22-10-17-24-15-7-3-4-8-16(15)25-17/h1-9H,10-11H2,(H,22,27)(H,23,29)(H,24,25). The summed E-state index contributed by atoms with van der Waals surface area (Å²) < 4.78 is 14.7. The van der Waals surface area contributed by atoms with Gasteiger partial charge in [0.25, 0.3) is 11.5 Å². The van der Waals surface area contributed by atoms with E-state index in [2.05, 4.69) is 20.3 Å². The van der Waals surface area contributed by atoms with E-state index < -0.39 is 23.0 Å². The summed E-state index contributed by atoms with van der Waals surface area (Å²) in [5, 5.41) is 2.60. The molecule has 0 spiro atoms. The molecule has 0 unspecified atom stereocenters. The Balaban J connectivity index is 1.56. The number of benzene rings is 2. The second-order valence-corrected chi connectivity index (χ2v) is 6.37. The molecule has 0 aliphatic carbocycles. The number of rotatable bonds is 5. The van der Waals surface area contributed by atoms with Gasteiger partial charge in [0.05, 0.1) is 24.1 Å². The topological polar surface area (TPSA) is 113 Å². The van der Waals surface area contributed by atoms with Gasteiger partial charge in [-0.1, -0.05) is 30.3 Å². The van der Waals surface area contributed by atoms with E-state index in [1.807, 2.05) is 24.3 Å². The lowest BCUT2D eigenvalue weighted by Gasteiger charge is -2.08. The molecule has 0 saturated carbocycles. The molecule has 4 rings (SSSR count). The molecule has 29 heavy (non-hydrogen) atoms. The molecule has 0 atom stereocenters. The fourth-order valence-corrected chi connectivity index (χ4v) is 2.96. The first-order valence-corrected chi connectivity index (χ1v) is 8.80. The van der Waals surface area contributed by atoms with E-state index in [0.29, 0.717) is 5.82 Å². The minimum absolute atomic E-state index is 0.0688. The fraction of sp³-hybridized carbons (Fsp3) is 0.100. The Kier molecular flexibility index (Phi) is 4.78. The summed E-state index contributed by atoms with van der Waals surface area (Å²) in [7, 11) is 0. The van der Waals surface area contributed by atoms with E-state index in [0.717, 1.165) is 21.8 Å². The number of para-hydroxylation sites is 2. The number of hydrogen-bond acceptors (Lipinski definition) is 4. The van der Waals surface area contributed by atoms with Gasteiger partial charge in [0.1, 0.15) is 17.2 Å². The van der Waals surface area contributed by atoms with Crippen LogP contribution in [0.25, 0.3) is 11.0 Å². The van der Waals surface area contributed by atoms with Crippen molar-refractivity contribution in [1.29, 1.82) is 0 Å². The molecular weight excluding hydrogens is 377 g/mol. The maximum Gasteiger partial charge on any atom is 0.328 e. The van der Waals surface area contributed by atoms with Crippen LogP contribution >= 0.6 is 0 Å². The number of aromatic amines is 2. The van der Waals surface area contributed by atoms with Crippen LogP contribution in [0, 0.1) is 5.82 Å². The summed E-state index contributed by atoms with van der Waals surface area (Å²) in [6.45, 7) is -0.217. The Morgan fingerprint density at radius 1 is 1.10 bits per heavy atom. The van der Waals surface area contributed by atoms with Crippen LogP contribution in [-0.2, 0) is 13.1 Å². The zero-order valence-corrected chi connectivity index (χ0v) is 15.1. The van der Waals surface area contributed by atoms with Crippen LogP contribution < -0.4 is 16.6 Å². The van der Waals surface area contributed by atoms with E-state index in [9.17, 15) is 18.8 Å². The van der Waals surface area contributed by atoms with Crippen molar-refractivity contribution in [3.63, 3.8) is 0 Å². The quantitative estimate of drug-likeness (QED) is 0.477. The molecule has 146 valence electrons. The zero-order valence-electron chi connectivity index (χ0n) is 15.1. The van der Waals surface area contributed by atoms with Crippen LogP contribution in [0.4, 0.5) is 4.39 Å². The van der Waals surface area contributed by atoms with Crippen LogP contribution in [-0.4, -0.2) is 25.4 Å². The van der Waals surface area contributed by atoms with Gasteiger partial charge < -0.3 is 15.3 Å². The molecule has 0 aliphatic rings. The van der Waals surface area contributed by atoms with Crippen molar-refractivity contribution in [2.45, 2.75) is 13.1 Å². The number of fused-ring (bicyclic) bond motifs is 1. The first kappa shape index (κ1) is 18.4. The number of halogens is 1. The Hall–Kier alpha value is -4.01. The zero-order chi connectivity index (χ0) is 20.4. The van der Waals surface area contributed by atoms with Gasteiger partial charge in [0, 0.05) is 11.8 Å². The highest BCUT2D eigenvalue weighted by Gasteiger charge is 2.16. The number of hydrogen-bond donors (Lipinski definition) is 3. The minimum Gasteiger partial charge on any atom is -0.345 e. The summed E-state index contributed by atoms with van der Waals surface area (Å²) in [4.78, 5) is 46.9. The Labute approximate surface area is 163 Å². The molecule has 3 N–H and O–H groups in total. The highest BCUT2D eigenvalue weighted by atomic mass is 19.1. The van der Waals surface area contributed by atoms with Gasteiger partial charge in [-0.3, -0.25) is 14.2 Å². The van der Waals surface area contributed by atoms with Gasteiger partial charge in [-0.25, -0.2) is 14.2 Å². The third kappa shape index (κ3) is 3.70. The largest absolute Gasteiger partial charge is 0.345 e. The maximum atomic E-state index is 13.9. The van der Waals surface area contributed by atoms with Crippen molar-refractivity contribution in [2.75, 3.05) is 0 Å². The second kappa shape index (κ2) is 7.55. The SMILES string of the molecule is O=C(NCc1nc2ccccc2[nH]1)c1c[nH]c(=O)n(Cc2ccccc2F)c1=O. The molecule has 8 nitrogen and oxygen atoms in total. The third-order valence-electron chi connectivity index (χ3n) is 4.45. The number of nitrogens with one attached hydrogen (secondary N) is 3. The van der Waals surface area contributed by atoms with Crippen molar-refractivity contribution < 1.29 is 9.18 Å². The first-order valence-electron chi connectivity index (χ1n) is 8.80. The number of imidazole rings is 1. The lowest BCUT2D eigenvalue weighted by molar-refractivity contribution is 0.0947. The number of carbonyl (C=O) groups is 1. The second-order valence-electron chi connectivity index (χ2n) is 6.37. The van der Waals surface area contributed by atoms with E-state index in [1.54, 1.807) is 6.07 Å². The molecular formula is C20H16FN5O3. The summed E-state index contributed by atoms with van der Waals surface area (Å²) >= 11 is 0. The van der Waals surface area contributed by atoms with E-state index >= 15 is 0 Å². The Morgan fingerprint density at radius 2 is 1.86 bits per heavy atom. The van der Waals surface area contributed by atoms with Crippen molar-refractivity contribution in [3.8, 4) is 0 Å². The molecule has 0 radical (unpaired) electrons. The highest BCUT2D eigenvalue weighted by molar-refractivity contribution is 5.93. The molecule has 0 saturated heterocycles. The van der Waals surface area contributed by atoms with Gasteiger partial charge in [0.15, 0.2) is 0 Å². The monoisotopic (exact) mass is 393 g/mol. The van der Waals surface area contributed by atoms with Crippen molar-refractivity contribution in [3.05, 3.63) is 98.3 Å². The smallest absolute Gasteiger partial charge is 0.328 e. The van der Waals surface area contributed by atoms with Crippen LogP contribution in [0.1, 0.15) is 21.7 Å². The normalized spacial score (nSPS) is 10.9. The number of amides is 1.